The molecule has 0 aliphatic carbocycles. The third-order valence-electron chi connectivity index (χ3n) is 3.73. The van der Waals surface area contributed by atoms with Gasteiger partial charge in [-0.2, -0.15) is 0 Å². The van der Waals surface area contributed by atoms with Crippen LogP contribution in [-0.2, 0) is 0 Å². The molecule has 3 nitrogen and oxygen atoms in total. The lowest BCUT2D eigenvalue weighted by molar-refractivity contribution is 0.103. The third kappa shape index (κ3) is 3.55. The van der Waals surface area contributed by atoms with Gasteiger partial charge in [-0.15, -0.1) is 11.3 Å². The number of carbonyl (C=O) groups is 1. The van der Waals surface area contributed by atoms with Gasteiger partial charge in [0.25, 0.3) is 5.91 Å². The van der Waals surface area contributed by atoms with Crippen LogP contribution in [0.3, 0.4) is 0 Å². The summed E-state index contributed by atoms with van der Waals surface area (Å²) >= 11 is 8.64. The number of amides is 1. The molecular weight excluding hydrogens is 384 g/mol. The number of nitrogens with zero attached hydrogens (tertiary/aromatic N) is 1. The van der Waals surface area contributed by atoms with Crippen molar-refractivity contribution in [1.29, 1.82) is 0 Å². The second-order valence-corrected chi connectivity index (χ2v) is 8.20. The molecule has 6 heteroatoms. The van der Waals surface area contributed by atoms with Crippen molar-refractivity contribution >= 4 is 45.3 Å². The van der Waals surface area contributed by atoms with Gasteiger partial charge in [-0.05, 0) is 17.7 Å². The normalized spacial score (nSPS) is 10.7. The molecule has 0 aliphatic heterocycles. The number of thiazole rings is 1. The summed E-state index contributed by atoms with van der Waals surface area (Å²) in [6.07, 6.45) is 0. The maximum absolute atomic E-state index is 12.4. The Balaban J connectivity index is 1.73. The Morgan fingerprint density at radius 1 is 0.846 bits per heavy atom. The maximum atomic E-state index is 12.4. The lowest BCUT2D eigenvalue weighted by Gasteiger charge is -2.02. The fourth-order valence-electron chi connectivity index (χ4n) is 2.55. The van der Waals surface area contributed by atoms with E-state index in [2.05, 4.69) is 10.3 Å². The molecule has 4 aromatic rings. The van der Waals surface area contributed by atoms with Crippen molar-refractivity contribution in [3.05, 3.63) is 82.0 Å². The lowest BCUT2D eigenvalue weighted by Crippen LogP contribution is -2.09. The summed E-state index contributed by atoms with van der Waals surface area (Å²) in [6.45, 7) is 0. The number of benzene rings is 2. The molecule has 1 N–H and O–H groups in total. The zero-order valence-electron chi connectivity index (χ0n) is 13.5. The molecule has 0 atom stereocenters. The van der Waals surface area contributed by atoms with Crippen LogP contribution in [0.1, 0.15) is 9.67 Å². The molecule has 0 fully saturated rings. The van der Waals surface area contributed by atoms with Crippen LogP contribution in [0.5, 0.6) is 0 Å². The van der Waals surface area contributed by atoms with Gasteiger partial charge < -0.3 is 0 Å². The average molecular weight is 397 g/mol. The first-order valence-electron chi connectivity index (χ1n) is 7.89. The number of thiophene rings is 1. The van der Waals surface area contributed by atoms with Crippen molar-refractivity contribution in [2.75, 3.05) is 5.32 Å². The van der Waals surface area contributed by atoms with Crippen LogP contribution in [0.2, 0.25) is 4.34 Å². The molecule has 26 heavy (non-hydrogen) atoms. The van der Waals surface area contributed by atoms with E-state index in [0.29, 0.717) is 14.3 Å². The zero-order valence-corrected chi connectivity index (χ0v) is 15.9. The van der Waals surface area contributed by atoms with Crippen LogP contribution in [-0.4, -0.2) is 10.9 Å². The highest BCUT2D eigenvalue weighted by Gasteiger charge is 2.17. The lowest BCUT2D eigenvalue weighted by atomic mass is 10.1. The standard InChI is InChI=1S/C20H13ClN2OS2/c21-16-12-11-15(25-16)19(24)23-20-22-17(13-7-3-1-4-8-13)18(26-20)14-9-5-2-6-10-14/h1-12H,(H,22,23,24). The van der Waals surface area contributed by atoms with Crippen molar-refractivity contribution in [3.8, 4) is 21.7 Å². The molecule has 2 heterocycles. The van der Waals surface area contributed by atoms with Crippen molar-refractivity contribution in [2.45, 2.75) is 0 Å². The predicted octanol–water partition coefficient (Wildman–Crippen LogP) is 6.44. The van der Waals surface area contributed by atoms with Crippen LogP contribution in [0, 0.1) is 0 Å². The van der Waals surface area contributed by atoms with E-state index in [1.54, 1.807) is 12.1 Å². The summed E-state index contributed by atoms with van der Waals surface area (Å²) < 4.78 is 0.587. The zero-order chi connectivity index (χ0) is 17.9. The van der Waals surface area contributed by atoms with Gasteiger partial charge in [0.1, 0.15) is 0 Å². The van der Waals surface area contributed by atoms with Crippen molar-refractivity contribution in [3.63, 3.8) is 0 Å². The highest BCUT2D eigenvalue weighted by Crippen LogP contribution is 2.39. The van der Waals surface area contributed by atoms with Crippen molar-refractivity contribution in [2.24, 2.45) is 0 Å². The molecule has 0 unspecified atom stereocenters. The van der Waals surface area contributed by atoms with Crippen LogP contribution in [0.4, 0.5) is 5.13 Å². The first-order valence-corrected chi connectivity index (χ1v) is 9.90. The van der Waals surface area contributed by atoms with E-state index in [-0.39, 0.29) is 5.91 Å². The Kier molecular flexibility index (Phi) is 4.84. The van der Waals surface area contributed by atoms with Crippen LogP contribution in [0.15, 0.2) is 72.8 Å². The number of hydrogen-bond donors (Lipinski definition) is 1. The molecule has 0 bridgehead atoms. The Morgan fingerprint density at radius 2 is 1.50 bits per heavy atom. The molecule has 2 aromatic carbocycles. The van der Waals surface area contributed by atoms with Gasteiger partial charge in [-0.3, -0.25) is 10.1 Å². The number of halogens is 1. The molecule has 0 saturated carbocycles. The van der Waals surface area contributed by atoms with Crippen molar-refractivity contribution < 1.29 is 4.79 Å². The van der Waals surface area contributed by atoms with E-state index in [4.69, 9.17) is 11.6 Å². The van der Waals surface area contributed by atoms with Crippen molar-refractivity contribution in [1.82, 2.24) is 4.98 Å². The predicted molar refractivity (Wildman–Crippen MR) is 110 cm³/mol. The summed E-state index contributed by atoms with van der Waals surface area (Å²) in [5, 5.41) is 3.46. The van der Waals surface area contributed by atoms with E-state index in [1.165, 1.54) is 22.7 Å². The fourth-order valence-corrected chi connectivity index (χ4v) is 4.47. The number of hydrogen-bond acceptors (Lipinski definition) is 4. The SMILES string of the molecule is O=C(Nc1nc(-c2ccccc2)c(-c2ccccc2)s1)c1ccc(Cl)s1. The molecule has 2 aromatic heterocycles. The number of aromatic nitrogens is 1. The van der Waals surface area contributed by atoms with Gasteiger partial charge in [-0.1, -0.05) is 83.6 Å². The first-order chi connectivity index (χ1) is 12.7. The van der Waals surface area contributed by atoms with Gasteiger partial charge in [-0.25, -0.2) is 4.98 Å². The van der Waals surface area contributed by atoms with Gasteiger partial charge in [0.15, 0.2) is 5.13 Å². The smallest absolute Gasteiger partial charge is 0.267 e. The Hall–Kier alpha value is -2.47. The minimum atomic E-state index is -0.199. The highest BCUT2D eigenvalue weighted by atomic mass is 35.5. The summed E-state index contributed by atoms with van der Waals surface area (Å²) in [5.41, 5.74) is 2.95. The van der Waals surface area contributed by atoms with E-state index >= 15 is 0 Å². The third-order valence-corrected chi connectivity index (χ3v) is 5.98. The quantitative estimate of drug-likeness (QED) is 0.431. The minimum Gasteiger partial charge on any atom is -0.297 e. The molecule has 1 amide bonds. The Morgan fingerprint density at radius 3 is 2.12 bits per heavy atom. The largest absolute Gasteiger partial charge is 0.297 e. The molecule has 128 valence electrons. The van der Waals surface area contributed by atoms with E-state index in [9.17, 15) is 4.79 Å². The highest BCUT2D eigenvalue weighted by molar-refractivity contribution is 7.20. The second-order valence-electron chi connectivity index (χ2n) is 5.49. The topological polar surface area (TPSA) is 42.0 Å². The van der Waals surface area contributed by atoms with Gasteiger partial charge in [0.2, 0.25) is 0 Å². The fraction of sp³-hybridized carbons (Fsp3) is 0. The maximum Gasteiger partial charge on any atom is 0.267 e. The summed E-state index contributed by atoms with van der Waals surface area (Å²) in [6, 6.07) is 23.5. The van der Waals surface area contributed by atoms with Gasteiger partial charge in [0.05, 0.1) is 19.8 Å². The molecule has 0 spiro atoms. The van der Waals surface area contributed by atoms with E-state index in [1.807, 2.05) is 60.7 Å². The monoisotopic (exact) mass is 396 g/mol. The van der Waals surface area contributed by atoms with E-state index in [0.717, 1.165) is 21.7 Å². The molecular formula is C20H13ClN2OS2. The van der Waals surface area contributed by atoms with Crippen LogP contribution in [0.25, 0.3) is 21.7 Å². The summed E-state index contributed by atoms with van der Waals surface area (Å²) in [5.74, 6) is -0.199. The first kappa shape index (κ1) is 17.0. The minimum absolute atomic E-state index is 0.199. The molecule has 0 saturated heterocycles. The second kappa shape index (κ2) is 7.41. The summed E-state index contributed by atoms with van der Waals surface area (Å²) in [4.78, 5) is 18.7. The number of nitrogens with one attached hydrogen (secondary N) is 1. The number of rotatable bonds is 4. The molecule has 0 aliphatic rings. The number of anilines is 1. The van der Waals surface area contributed by atoms with Gasteiger partial charge >= 0.3 is 0 Å². The number of carbonyl (C=O) groups excluding carboxylic acids is 1. The van der Waals surface area contributed by atoms with Crippen LogP contribution < -0.4 is 5.32 Å². The summed E-state index contributed by atoms with van der Waals surface area (Å²) in [7, 11) is 0. The van der Waals surface area contributed by atoms with Gasteiger partial charge in [0, 0.05) is 5.56 Å². The molecule has 4 rings (SSSR count). The molecule has 0 radical (unpaired) electrons. The van der Waals surface area contributed by atoms with E-state index < -0.39 is 0 Å². The Labute approximate surface area is 163 Å². The van der Waals surface area contributed by atoms with Crippen LogP contribution >= 0.6 is 34.3 Å². The average Bonchev–Trinajstić information content (AvgIpc) is 3.30. The Bertz CT molecular complexity index is 985.